The van der Waals surface area contributed by atoms with Crippen molar-refractivity contribution in [1.29, 1.82) is 0 Å². The fourth-order valence-electron chi connectivity index (χ4n) is 1.92. The topological polar surface area (TPSA) is 121 Å². The van der Waals surface area contributed by atoms with E-state index in [1.165, 1.54) is 19.2 Å². The van der Waals surface area contributed by atoms with E-state index in [0.29, 0.717) is 19.0 Å². The molecule has 2 heterocycles. The van der Waals surface area contributed by atoms with Crippen LogP contribution in [0.3, 0.4) is 0 Å². The Balaban J connectivity index is 2.17. The van der Waals surface area contributed by atoms with E-state index in [-0.39, 0.29) is 18.1 Å². The van der Waals surface area contributed by atoms with E-state index in [4.69, 9.17) is 10.5 Å². The summed E-state index contributed by atoms with van der Waals surface area (Å²) >= 11 is 0. The van der Waals surface area contributed by atoms with Crippen LogP contribution in [-0.4, -0.2) is 48.8 Å². The third kappa shape index (κ3) is 2.77. The smallest absolute Gasteiger partial charge is 0.336 e. The van der Waals surface area contributed by atoms with Gasteiger partial charge in [0.15, 0.2) is 6.10 Å². The monoisotopic (exact) mass is 282 g/mol. The summed E-state index contributed by atoms with van der Waals surface area (Å²) in [4.78, 5) is 27.3. The second kappa shape index (κ2) is 5.70. The minimum Gasteiger partial charge on any atom is -0.467 e. The molecule has 1 aliphatic rings. The Hall–Kier alpha value is -2.42. The van der Waals surface area contributed by atoms with E-state index in [1.807, 2.05) is 0 Å². The van der Waals surface area contributed by atoms with Crippen molar-refractivity contribution in [2.45, 2.75) is 6.10 Å². The average molecular weight is 282 g/mol. The number of ether oxygens (including phenoxy) is 2. The number of nitrogens with zero attached hydrogens (tertiary/aromatic N) is 3. The van der Waals surface area contributed by atoms with Crippen molar-refractivity contribution in [2.24, 2.45) is 0 Å². The summed E-state index contributed by atoms with van der Waals surface area (Å²) in [7, 11) is 1.28. The Kier molecular flexibility index (Phi) is 3.99. The van der Waals surface area contributed by atoms with Crippen LogP contribution in [0.2, 0.25) is 0 Å². The first-order chi connectivity index (χ1) is 9.52. The Bertz CT molecular complexity index is 536. The van der Waals surface area contributed by atoms with Crippen LogP contribution in [0.4, 0.5) is 17.3 Å². The highest BCUT2D eigenvalue weighted by Crippen LogP contribution is 2.24. The minimum atomic E-state index is -0.702. The number of nitrogen functional groups attached to an aromatic ring is 1. The van der Waals surface area contributed by atoms with Crippen LogP contribution in [-0.2, 0) is 14.3 Å². The van der Waals surface area contributed by atoms with E-state index in [0.717, 1.165) is 0 Å². The molecule has 0 bridgehead atoms. The Morgan fingerprint density at radius 2 is 2.40 bits per heavy atom. The van der Waals surface area contributed by atoms with Crippen molar-refractivity contribution in [2.75, 3.05) is 37.4 Å². The van der Waals surface area contributed by atoms with Crippen LogP contribution in [0.15, 0.2) is 12.1 Å². The van der Waals surface area contributed by atoms with Gasteiger partial charge < -0.3 is 20.1 Å². The zero-order valence-electron chi connectivity index (χ0n) is 10.8. The second-order valence-electron chi connectivity index (χ2n) is 4.16. The first-order valence-corrected chi connectivity index (χ1v) is 5.88. The summed E-state index contributed by atoms with van der Waals surface area (Å²) in [5.41, 5.74) is 5.30. The van der Waals surface area contributed by atoms with Crippen molar-refractivity contribution in [3.63, 3.8) is 0 Å². The van der Waals surface area contributed by atoms with E-state index in [2.05, 4.69) is 9.72 Å². The van der Waals surface area contributed by atoms with E-state index < -0.39 is 17.0 Å². The predicted octanol–water partition coefficient (Wildman–Crippen LogP) is -0.0498. The van der Waals surface area contributed by atoms with Gasteiger partial charge in [0.1, 0.15) is 5.82 Å². The molecule has 0 amide bonds. The predicted molar refractivity (Wildman–Crippen MR) is 69.3 cm³/mol. The third-order valence-corrected chi connectivity index (χ3v) is 2.94. The largest absolute Gasteiger partial charge is 0.467 e. The van der Waals surface area contributed by atoms with E-state index in [1.54, 1.807) is 4.90 Å². The van der Waals surface area contributed by atoms with Crippen molar-refractivity contribution >= 4 is 23.3 Å². The number of aromatic nitrogens is 1. The molecule has 1 saturated heterocycles. The van der Waals surface area contributed by atoms with Crippen LogP contribution < -0.4 is 10.6 Å². The van der Waals surface area contributed by atoms with Gasteiger partial charge in [-0.05, 0) is 6.07 Å². The fourth-order valence-corrected chi connectivity index (χ4v) is 1.92. The van der Waals surface area contributed by atoms with E-state index in [9.17, 15) is 14.9 Å². The number of pyridine rings is 1. The SMILES string of the molecule is COC(=O)C1CN(c2ccc([N+](=O)[O-])c(N)n2)CCO1. The van der Waals surface area contributed by atoms with Gasteiger partial charge >= 0.3 is 11.7 Å². The summed E-state index contributed by atoms with van der Waals surface area (Å²) in [6.07, 6.45) is -0.702. The lowest BCUT2D eigenvalue weighted by molar-refractivity contribution is -0.384. The van der Waals surface area contributed by atoms with Gasteiger partial charge in [-0.3, -0.25) is 10.1 Å². The summed E-state index contributed by atoms with van der Waals surface area (Å²) < 4.78 is 9.91. The molecule has 1 unspecified atom stereocenters. The van der Waals surface area contributed by atoms with Gasteiger partial charge in [-0.1, -0.05) is 0 Å². The van der Waals surface area contributed by atoms with Crippen LogP contribution in [0.25, 0.3) is 0 Å². The number of esters is 1. The standard InChI is InChI=1S/C11H14N4O5/c1-19-11(16)8-6-14(4-5-20-8)9-3-2-7(15(17)18)10(12)13-9/h2-3,8H,4-6H2,1H3,(H2,12,13). The van der Waals surface area contributed by atoms with Crippen molar-refractivity contribution in [1.82, 2.24) is 4.98 Å². The normalized spacial score (nSPS) is 18.6. The summed E-state index contributed by atoms with van der Waals surface area (Å²) in [6, 6.07) is 2.79. The molecule has 20 heavy (non-hydrogen) atoms. The number of rotatable bonds is 3. The molecular formula is C11H14N4O5. The maximum Gasteiger partial charge on any atom is 0.336 e. The summed E-state index contributed by atoms with van der Waals surface area (Å²) in [5.74, 6) is -0.163. The lowest BCUT2D eigenvalue weighted by atomic mass is 10.2. The number of hydrogen-bond acceptors (Lipinski definition) is 8. The Morgan fingerprint density at radius 3 is 3.00 bits per heavy atom. The number of nitro groups is 1. The molecule has 9 heteroatoms. The molecule has 1 fully saturated rings. The van der Waals surface area contributed by atoms with Gasteiger partial charge in [0, 0.05) is 12.6 Å². The Morgan fingerprint density at radius 1 is 1.65 bits per heavy atom. The van der Waals surface area contributed by atoms with Gasteiger partial charge in [0.2, 0.25) is 5.82 Å². The fraction of sp³-hybridized carbons (Fsp3) is 0.455. The zero-order valence-corrected chi connectivity index (χ0v) is 10.8. The number of morpholine rings is 1. The van der Waals surface area contributed by atoms with Crippen molar-refractivity contribution in [3.8, 4) is 0 Å². The van der Waals surface area contributed by atoms with Gasteiger partial charge in [0.05, 0.1) is 25.2 Å². The van der Waals surface area contributed by atoms with Crippen molar-refractivity contribution in [3.05, 3.63) is 22.2 Å². The maximum atomic E-state index is 11.4. The number of carbonyl (C=O) groups excluding carboxylic acids is 1. The molecule has 0 saturated carbocycles. The number of anilines is 2. The molecule has 1 aromatic heterocycles. The molecule has 1 aromatic rings. The Labute approximate surface area is 114 Å². The highest BCUT2D eigenvalue weighted by molar-refractivity contribution is 5.75. The third-order valence-electron chi connectivity index (χ3n) is 2.94. The van der Waals surface area contributed by atoms with Gasteiger partial charge in [-0.2, -0.15) is 0 Å². The number of hydrogen-bond donors (Lipinski definition) is 1. The molecule has 1 aliphatic heterocycles. The molecule has 108 valence electrons. The number of methoxy groups -OCH3 is 1. The lowest BCUT2D eigenvalue weighted by Crippen LogP contribution is -2.46. The molecule has 9 nitrogen and oxygen atoms in total. The van der Waals surface area contributed by atoms with Gasteiger partial charge in [-0.15, -0.1) is 0 Å². The highest BCUT2D eigenvalue weighted by Gasteiger charge is 2.28. The first-order valence-electron chi connectivity index (χ1n) is 5.88. The molecule has 0 radical (unpaired) electrons. The minimum absolute atomic E-state index is 0.159. The van der Waals surface area contributed by atoms with Gasteiger partial charge in [0.25, 0.3) is 0 Å². The molecule has 0 spiro atoms. The number of carbonyl (C=O) groups is 1. The van der Waals surface area contributed by atoms with Crippen LogP contribution >= 0.6 is 0 Å². The zero-order chi connectivity index (χ0) is 14.7. The number of nitrogens with two attached hydrogens (primary N) is 1. The maximum absolute atomic E-state index is 11.4. The van der Waals surface area contributed by atoms with Crippen molar-refractivity contribution < 1.29 is 19.2 Å². The molecule has 2 rings (SSSR count). The molecule has 1 atom stereocenters. The van der Waals surface area contributed by atoms with Crippen LogP contribution in [0.5, 0.6) is 0 Å². The first kappa shape index (κ1) is 14.0. The lowest BCUT2D eigenvalue weighted by Gasteiger charge is -2.32. The molecule has 0 aromatic carbocycles. The van der Waals surface area contributed by atoms with Gasteiger partial charge in [-0.25, -0.2) is 9.78 Å². The molecular weight excluding hydrogens is 268 g/mol. The summed E-state index contributed by atoms with van der Waals surface area (Å²) in [5, 5.41) is 10.7. The summed E-state index contributed by atoms with van der Waals surface area (Å²) in [6.45, 7) is 1.10. The second-order valence-corrected chi connectivity index (χ2v) is 4.16. The molecule has 0 aliphatic carbocycles. The van der Waals surface area contributed by atoms with E-state index >= 15 is 0 Å². The van der Waals surface area contributed by atoms with Crippen LogP contribution in [0, 0.1) is 10.1 Å². The average Bonchev–Trinajstić information content (AvgIpc) is 2.46. The quantitative estimate of drug-likeness (QED) is 0.465. The molecule has 2 N–H and O–H groups in total. The van der Waals surface area contributed by atoms with Crippen LogP contribution in [0.1, 0.15) is 0 Å². The highest BCUT2D eigenvalue weighted by atomic mass is 16.6.